The molecule has 0 radical (unpaired) electrons. The minimum Gasteiger partial charge on any atom is -0.497 e. The van der Waals surface area contributed by atoms with E-state index < -0.39 is 22.0 Å². The van der Waals surface area contributed by atoms with Gasteiger partial charge in [-0.2, -0.15) is 4.72 Å². The van der Waals surface area contributed by atoms with Crippen molar-refractivity contribution < 1.29 is 27.5 Å². The Morgan fingerprint density at radius 2 is 1.77 bits per heavy atom. The van der Waals surface area contributed by atoms with Gasteiger partial charge < -0.3 is 14.4 Å². The molecule has 1 aliphatic heterocycles. The molecular weight excluding hydrogens is 360 g/mol. The highest BCUT2D eigenvalue weighted by Crippen LogP contribution is 2.15. The number of ether oxygens (including phenoxy) is 2. The molecule has 1 unspecified atom stereocenters. The Balaban J connectivity index is 1.87. The lowest BCUT2D eigenvalue weighted by atomic mass is 10.1. The van der Waals surface area contributed by atoms with Gasteiger partial charge in [0.15, 0.2) is 6.61 Å². The lowest BCUT2D eigenvalue weighted by Crippen LogP contribution is -2.42. The van der Waals surface area contributed by atoms with Crippen molar-refractivity contribution in [2.45, 2.75) is 37.1 Å². The van der Waals surface area contributed by atoms with Crippen LogP contribution in [-0.2, 0) is 24.3 Å². The van der Waals surface area contributed by atoms with E-state index in [0.29, 0.717) is 18.8 Å². The number of rotatable bonds is 7. The average molecular weight is 384 g/mol. The molecule has 1 saturated heterocycles. The van der Waals surface area contributed by atoms with Gasteiger partial charge in [-0.1, -0.05) is 0 Å². The minimum absolute atomic E-state index is 0.00217. The van der Waals surface area contributed by atoms with E-state index in [1.165, 1.54) is 38.3 Å². The maximum Gasteiger partial charge on any atom is 0.324 e. The zero-order valence-corrected chi connectivity index (χ0v) is 15.8. The third kappa shape index (κ3) is 5.43. The molecule has 1 aliphatic rings. The fourth-order valence-electron chi connectivity index (χ4n) is 2.60. The lowest BCUT2D eigenvalue weighted by molar-refractivity contribution is -0.153. The third-order valence-corrected chi connectivity index (χ3v) is 5.66. The van der Waals surface area contributed by atoms with E-state index in [2.05, 4.69) is 4.72 Å². The molecule has 1 amide bonds. The first kappa shape index (κ1) is 20.2. The van der Waals surface area contributed by atoms with E-state index in [0.717, 1.165) is 19.3 Å². The molecule has 0 bridgehead atoms. The normalized spacial score (nSPS) is 16.0. The van der Waals surface area contributed by atoms with Gasteiger partial charge in [0.2, 0.25) is 10.0 Å². The molecule has 0 aliphatic carbocycles. The highest BCUT2D eigenvalue weighted by Gasteiger charge is 2.25. The minimum atomic E-state index is -3.89. The second-order valence-corrected chi connectivity index (χ2v) is 7.78. The number of benzene rings is 1. The fourth-order valence-corrected chi connectivity index (χ4v) is 3.79. The molecule has 1 N–H and O–H groups in total. The van der Waals surface area contributed by atoms with Crippen molar-refractivity contribution >= 4 is 21.9 Å². The number of hydrogen-bond acceptors (Lipinski definition) is 6. The molecule has 1 aromatic carbocycles. The van der Waals surface area contributed by atoms with Crippen LogP contribution in [0.15, 0.2) is 29.2 Å². The summed E-state index contributed by atoms with van der Waals surface area (Å²) < 4.78 is 36.8. The van der Waals surface area contributed by atoms with Gasteiger partial charge in [0.25, 0.3) is 5.91 Å². The van der Waals surface area contributed by atoms with Crippen molar-refractivity contribution in [3.05, 3.63) is 24.3 Å². The number of methoxy groups -OCH3 is 1. The smallest absolute Gasteiger partial charge is 0.324 e. The van der Waals surface area contributed by atoms with Crippen LogP contribution in [0.1, 0.15) is 26.2 Å². The Morgan fingerprint density at radius 1 is 1.15 bits per heavy atom. The standard InChI is InChI=1S/C17H24N2O6S/c1-13(17(21)25-12-16(20)19-10-4-3-5-11-19)18-26(22,23)15-8-6-14(24-2)7-9-15/h6-9,13,18H,3-5,10-12H2,1-2H3. The number of sulfonamides is 1. The van der Waals surface area contributed by atoms with Crippen LogP contribution >= 0.6 is 0 Å². The Bertz CT molecular complexity index is 726. The van der Waals surface area contributed by atoms with E-state index in [1.807, 2.05) is 0 Å². The summed E-state index contributed by atoms with van der Waals surface area (Å²) in [7, 11) is -2.41. The Morgan fingerprint density at radius 3 is 2.35 bits per heavy atom. The fraction of sp³-hybridized carbons (Fsp3) is 0.529. The zero-order valence-electron chi connectivity index (χ0n) is 14.9. The second-order valence-electron chi connectivity index (χ2n) is 6.07. The van der Waals surface area contributed by atoms with E-state index in [4.69, 9.17) is 9.47 Å². The number of nitrogens with one attached hydrogen (secondary N) is 1. The summed E-state index contributed by atoms with van der Waals surface area (Å²) in [5.41, 5.74) is 0. The van der Waals surface area contributed by atoms with Crippen LogP contribution in [0.2, 0.25) is 0 Å². The molecule has 9 heteroatoms. The second kappa shape index (κ2) is 9.00. The van der Waals surface area contributed by atoms with Gasteiger partial charge in [-0.05, 0) is 50.5 Å². The van der Waals surface area contributed by atoms with Crippen molar-refractivity contribution in [1.29, 1.82) is 0 Å². The van der Waals surface area contributed by atoms with Crippen molar-refractivity contribution in [2.24, 2.45) is 0 Å². The van der Waals surface area contributed by atoms with Crippen molar-refractivity contribution in [3.63, 3.8) is 0 Å². The van der Waals surface area contributed by atoms with Crippen LogP contribution in [0.25, 0.3) is 0 Å². The predicted molar refractivity (Wildman–Crippen MR) is 94.2 cm³/mol. The molecule has 1 heterocycles. The van der Waals surface area contributed by atoms with Crippen LogP contribution in [0.5, 0.6) is 5.75 Å². The van der Waals surface area contributed by atoms with Crippen LogP contribution in [0, 0.1) is 0 Å². The molecule has 2 rings (SSSR count). The van der Waals surface area contributed by atoms with E-state index in [9.17, 15) is 18.0 Å². The van der Waals surface area contributed by atoms with Crippen molar-refractivity contribution in [2.75, 3.05) is 26.8 Å². The number of piperidine rings is 1. The molecule has 1 fully saturated rings. The maximum absolute atomic E-state index is 12.3. The van der Waals surface area contributed by atoms with Crippen LogP contribution < -0.4 is 9.46 Å². The summed E-state index contributed by atoms with van der Waals surface area (Å²) in [6, 6.07) is 4.65. The molecule has 1 atom stereocenters. The number of amides is 1. The van der Waals surface area contributed by atoms with Gasteiger partial charge >= 0.3 is 5.97 Å². The summed E-state index contributed by atoms with van der Waals surface area (Å²) in [6.07, 6.45) is 2.98. The van der Waals surface area contributed by atoms with Gasteiger partial charge in [-0.3, -0.25) is 9.59 Å². The zero-order chi connectivity index (χ0) is 19.2. The highest BCUT2D eigenvalue weighted by atomic mass is 32.2. The van der Waals surface area contributed by atoms with Crippen LogP contribution in [0.3, 0.4) is 0 Å². The maximum atomic E-state index is 12.3. The molecule has 0 aromatic heterocycles. The summed E-state index contributed by atoms with van der Waals surface area (Å²) in [5, 5.41) is 0. The summed E-state index contributed by atoms with van der Waals surface area (Å²) in [4.78, 5) is 25.6. The highest BCUT2D eigenvalue weighted by molar-refractivity contribution is 7.89. The summed E-state index contributed by atoms with van der Waals surface area (Å²) >= 11 is 0. The largest absolute Gasteiger partial charge is 0.497 e. The quantitative estimate of drug-likeness (QED) is 0.702. The molecule has 144 valence electrons. The summed E-state index contributed by atoms with van der Waals surface area (Å²) in [6.45, 7) is 2.31. The van der Waals surface area contributed by atoms with Crippen LogP contribution in [0.4, 0.5) is 0 Å². The predicted octanol–water partition coefficient (Wildman–Crippen LogP) is 0.918. The van der Waals surface area contributed by atoms with E-state index >= 15 is 0 Å². The van der Waals surface area contributed by atoms with Gasteiger partial charge in [0.1, 0.15) is 11.8 Å². The first-order valence-electron chi connectivity index (χ1n) is 8.44. The molecule has 0 spiro atoms. The number of hydrogen-bond donors (Lipinski definition) is 1. The lowest BCUT2D eigenvalue weighted by Gasteiger charge is -2.26. The third-order valence-electron chi connectivity index (χ3n) is 4.10. The SMILES string of the molecule is COc1ccc(S(=O)(=O)NC(C)C(=O)OCC(=O)N2CCCCC2)cc1. The van der Waals surface area contributed by atoms with Crippen LogP contribution in [-0.4, -0.2) is 58.0 Å². The Labute approximate surface area is 153 Å². The number of esters is 1. The van der Waals surface area contributed by atoms with Gasteiger partial charge in [0, 0.05) is 13.1 Å². The first-order chi connectivity index (χ1) is 12.3. The van der Waals surface area contributed by atoms with E-state index in [-0.39, 0.29) is 17.4 Å². The van der Waals surface area contributed by atoms with Gasteiger partial charge in [0.05, 0.1) is 12.0 Å². The number of likely N-dealkylation sites (tertiary alicyclic amines) is 1. The Hall–Kier alpha value is -2.13. The molecule has 0 saturated carbocycles. The first-order valence-corrected chi connectivity index (χ1v) is 9.92. The molecule has 8 nitrogen and oxygen atoms in total. The Kier molecular flexibility index (Phi) is 6.98. The number of carbonyl (C=O) groups excluding carboxylic acids is 2. The molecule has 1 aromatic rings. The van der Waals surface area contributed by atoms with Gasteiger partial charge in [-0.15, -0.1) is 0 Å². The molecule has 26 heavy (non-hydrogen) atoms. The topological polar surface area (TPSA) is 102 Å². The monoisotopic (exact) mass is 384 g/mol. The van der Waals surface area contributed by atoms with Gasteiger partial charge in [-0.25, -0.2) is 8.42 Å². The van der Waals surface area contributed by atoms with Crippen molar-refractivity contribution in [1.82, 2.24) is 9.62 Å². The average Bonchev–Trinajstić information content (AvgIpc) is 2.66. The number of carbonyl (C=O) groups is 2. The summed E-state index contributed by atoms with van der Waals surface area (Å²) in [5.74, 6) is -0.539. The van der Waals surface area contributed by atoms with Crippen molar-refractivity contribution in [3.8, 4) is 5.75 Å². The van der Waals surface area contributed by atoms with E-state index in [1.54, 1.807) is 4.90 Å². The number of nitrogens with zero attached hydrogens (tertiary/aromatic N) is 1. The molecular formula is C17H24N2O6S.